The fourth-order valence-electron chi connectivity index (χ4n) is 1.20. The largest absolute Gasteiger partial charge is 0.431 e. The molecule has 0 unspecified atom stereocenters. The third kappa shape index (κ3) is 2.36. The number of nitrogens with zero attached hydrogens (tertiary/aromatic N) is 2. The molecule has 3 N–H and O–H groups in total. The smallest absolute Gasteiger partial charge is 0.309 e. The molecule has 0 fully saturated rings. The lowest BCUT2D eigenvalue weighted by molar-refractivity contribution is 0.569. The number of nitrogens with one attached hydrogen (secondary N) is 1. The molecular weight excluding hydrogens is 244 g/mol. The van der Waals surface area contributed by atoms with E-state index in [0.717, 1.165) is 0 Å². The summed E-state index contributed by atoms with van der Waals surface area (Å²) < 4.78 is 30.9. The fraction of sp³-hybridized carbons (Fsp3) is 0.111. The number of pyridine rings is 1. The van der Waals surface area contributed by atoms with Crippen LogP contribution in [0.3, 0.4) is 0 Å². The van der Waals surface area contributed by atoms with Gasteiger partial charge in [0.05, 0.1) is 5.69 Å². The summed E-state index contributed by atoms with van der Waals surface area (Å²) in [4.78, 5) is 7.42. The van der Waals surface area contributed by atoms with Gasteiger partial charge in [0.25, 0.3) is 10.0 Å². The van der Waals surface area contributed by atoms with E-state index in [-0.39, 0.29) is 16.7 Å². The van der Waals surface area contributed by atoms with Crippen LogP contribution in [0.15, 0.2) is 33.9 Å². The Labute approximate surface area is 97.7 Å². The normalized spacial score (nSPS) is 11.4. The van der Waals surface area contributed by atoms with Crippen LogP contribution in [-0.2, 0) is 10.0 Å². The van der Waals surface area contributed by atoms with Crippen LogP contribution >= 0.6 is 0 Å². The monoisotopic (exact) mass is 254 g/mol. The average molecular weight is 254 g/mol. The Hall–Kier alpha value is -2.09. The Morgan fingerprint density at radius 2 is 2.24 bits per heavy atom. The number of anilines is 2. The highest BCUT2D eigenvalue weighted by molar-refractivity contribution is 7.92. The SMILES string of the molecule is Cc1coc(NS(=O)(=O)c2cccnc2N)n1. The summed E-state index contributed by atoms with van der Waals surface area (Å²) in [7, 11) is -3.82. The third-order valence-corrected chi connectivity index (χ3v) is 3.30. The van der Waals surface area contributed by atoms with Crippen LogP contribution in [-0.4, -0.2) is 18.4 Å². The van der Waals surface area contributed by atoms with Crippen LogP contribution in [0.2, 0.25) is 0 Å². The standard InChI is InChI=1S/C9H10N4O3S/c1-6-5-16-9(12-6)13-17(14,15)7-3-2-4-11-8(7)10/h2-5H,1H3,(H2,10,11)(H,12,13). The second-order valence-electron chi connectivity index (χ2n) is 3.29. The maximum atomic E-state index is 11.9. The van der Waals surface area contributed by atoms with Gasteiger partial charge in [-0.05, 0) is 19.1 Å². The van der Waals surface area contributed by atoms with E-state index in [1.54, 1.807) is 6.92 Å². The highest BCUT2D eigenvalue weighted by Crippen LogP contribution is 2.18. The average Bonchev–Trinajstić information content (AvgIpc) is 2.63. The van der Waals surface area contributed by atoms with Gasteiger partial charge in [-0.3, -0.25) is 0 Å². The van der Waals surface area contributed by atoms with Gasteiger partial charge in [-0.2, -0.15) is 4.98 Å². The molecule has 2 aromatic rings. The van der Waals surface area contributed by atoms with E-state index in [0.29, 0.717) is 5.69 Å². The molecule has 2 aromatic heterocycles. The van der Waals surface area contributed by atoms with E-state index in [9.17, 15) is 8.42 Å². The minimum absolute atomic E-state index is 0.0803. The minimum atomic E-state index is -3.82. The van der Waals surface area contributed by atoms with Gasteiger partial charge in [0, 0.05) is 6.20 Å². The van der Waals surface area contributed by atoms with Crippen LogP contribution < -0.4 is 10.5 Å². The van der Waals surface area contributed by atoms with Crippen molar-refractivity contribution in [1.82, 2.24) is 9.97 Å². The predicted octanol–water partition coefficient (Wildman–Crippen LogP) is 0.761. The number of aromatic nitrogens is 2. The molecule has 8 heteroatoms. The van der Waals surface area contributed by atoms with Gasteiger partial charge in [-0.25, -0.2) is 18.1 Å². The number of aryl methyl sites for hydroxylation is 1. The van der Waals surface area contributed by atoms with Gasteiger partial charge < -0.3 is 10.2 Å². The molecule has 0 bridgehead atoms. The lowest BCUT2D eigenvalue weighted by Gasteiger charge is -2.05. The quantitative estimate of drug-likeness (QED) is 0.836. The van der Waals surface area contributed by atoms with Crippen molar-refractivity contribution in [3.63, 3.8) is 0 Å². The van der Waals surface area contributed by atoms with E-state index in [1.165, 1.54) is 24.6 Å². The van der Waals surface area contributed by atoms with Gasteiger partial charge in [0.1, 0.15) is 17.0 Å². The number of hydrogen-bond acceptors (Lipinski definition) is 6. The molecule has 0 spiro atoms. The second-order valence-corrected chi connectivity index (χ2v) is 4.94. The van der Waals surface area contributed by atoms with Gasteiger partial charge in [0.15, 0.2) is 0 Å². The molecule has 0 aliphatic carbocycles. The van der Waals surface area contributed by atoms with Crippen LogP contribution in [0.5, 0.6) is 0 Å². The van der Waals surface area contributed by atoms with Gasteiger partial charge in [0.2, 0.25) is 0 Å². The zero-order valence-electron chi connectivity index (χ0n) is 8.91. The van der Waals surface area contributed by atoms with Crippen molar-refractivity contribution in [1.29, 1.82) is 0 Å². The Kier molecular flexibility index (Phi) is 2.72. The number of sulfonamides is 1. The van der Waals surface area contributed by atoms with Crippen molar-refractivity contribution in [3.8, 4) is 0 Å². The molecule has 7 nitrogen and oxygen atoms in total. The van der Waals surface area contributed by atoms with Crippen molar-refractivity contribution in [3.05, 3.63) is 30.3 Å². The molecule has 0 atom stereocenters. The lowest BCUT2D eigenvalue weighted by Crippen LogP contribution is -2.15. The highest BCUT2D eigenvalue weighted by Gasteiger charge is 2.19. The first-order chi connectivity index (χ1) is 7.99. The van der Waals surface area contributed by atoms with E-state index < -0.39 is 10.0 Å². The summed E-state index contributed by atoms with van der Waals surface area (Å²) in [5.41, 5.74) is 6.06. The number of rotatable bonds is 3. The van der Waals surface area contributed by atoms with Crippen LogP contribution in [0, 0.1) is 6.92 Å². The Morgan fingerprint density at radius 1 is 1.47 bits per heavy atom. The zero-order valence-corrected chi connectivity index (χ0v) is 9.73. The fourth-order valence-corrected chi connectivity index (χ4v) is 2.22. The maximum absolute atomic E-state index is 11.9. The highest BCUT2D eigenvalue weighted by atomic mass is 32.2. The van der Waals surface area contributed by atoms with Crippen LogP contribution in [0.1, 0.15) is 5.69 Å². The molecular formula is C9H10N4O3S. The van der Waals surface area contributed by atoms with E-state index in [1.807, 2.05) is 0 Å². The predicted molar refractivity (Wildman–Crippen MR) is 60.7 cm³/mol. The van der Waals surface area contributed by atoms with Crippen molar-refractivity contribution in [2.45, 2.75) is 11.8 Å². The molecule has 0 aliphatic rings. The summed E-state index contributed by atoms with van der Waals surface area (Å²) in [6.45, 7) is 1.68. The van der Waals surface area contributed by atoms with Crippen molar-refractivity contribution in [2.24, 2.45) is 0 Å². The summed E-state index contributed by atoms with van der Waals surface area (Å²) in [6, 6.07) is 2.72. The molecule has 0 amide bonds. The molecule has 0 radical (unpaired) electrons. The van der Waals surface area contributed by atoms with E-state index in [4.69, 9.17) is 10.2 Å². The number of oxazole rings is 1. The zero-order chi connectivity index (χ0) is 12.5. The molecule has 17 heavy (non-hydrogen) atoms. The number of hydrogen-bond donors (Lipinski definition) is 2. The summed E-state index contributed by atoms with van der Waals surface area (Å²) in [5.74, 6) is -0.0803. The molecule has 2 heterocycles. The second kappa shape index (κ2) is 4.06. The molecule has 0 aliphatic heterocycles. The van der Waals surface area contributed by atoms with Crippen molar-refractivity contribution in [2.75, 3.05) is 10.5 Å². The lowest BCUT2D eigenvalue weighted by atomic mass is 10.5. The molecule has 0 saturated carbocycles. The molecule has 2 rings (SSSR count). The van der Waals surface area contributed by atoms with Crippen molar-refractivity contribution >= 4 is 21.9 Å². The Balaban J connectivity index is 2.35. The molecule has 90 valence electrons. The minimum Gasteiger partial charge on any atom is -0.431 e. The van der Waals surface area contributed by atoms with Gasteiger partial charge in [-0.1, -0.05) is 0 Å². The topological polar surface area (TPSA) is 111 Å². The van der Waals surface area contributed by atoms with E-state index >= 15 is 0 Å². The van der Waals surface area contributed by atoms with E-state index in [2.05, 4.69) is 14.7 Å². The summed E-state index contributed by atoms with van der Waals surface area (Å²) >= 11 is 0. The summed E-state index contributed by atoms with van der Waals surface area (Å²) in [6.07, 6.45) is 2.74. The van der Waals surface area contributed by atoms with Crippen molar-refractivity contribution < 1.29 is 12.8 Å². The van der Waals surface area contributed by atoms with Gasteiger partial charge in [-0.15, -0.1) is 0 Å². The van der Waals surface area contributed by atoms with Gasteiger partial charge >= 0.3 is 6.01 Å². The third-order valence-electron chi connectivity index (χ3n) is 1.93. The molecule has 0 aromatic carbocycles. The Bertz CT molecular complexity index is 635. The number of nitrogens with two attached hydrogens (primary N) is 1. The number of nitrogen functional groups attached to an aromatic ring is 1. The first-order valence-corrected chi connectivity index (χ1v) is 6.13. The first kappa shape index (κ1) is 11.4. The molecule has 0 saturated heterocycles. The maximum Gasteiger partial charge on any atom is 0.309 e. The Morgan fingerprint density at radius 3 is 2.82 bits per heavy atom. The summed E-state index contributed by atoms with van der Waals surface area (Å²) in [5, 5.41) is 0. The van der Waals surface area contributed by atoms with Crippen LogP contribution in [0.4, 0.5) is 11.8 Å². The first-order valence-electron chi connectivity index (χ1n) is 4.64. The van der Waals surface area contributed by atoms with Crippen LogP contribution in [0.25, 0.3) is 0 Å².